The number of nitrogens with one attached hydrogen (secondary N) is 2. The Balaban J connectivity index is 1.79. The summed E-state index contributed by atoms with van der Waals surface area (Å²) in [6.45, 7) is 1.52. The highest BCUT2D eigenvalue weighted by atomic mass is 35.5. The average molecular weight is 450 g/mol. The van der Waals surface area contributed by atoms with Crippen LogP contribution in [-0.4, -0.2) is 30.4 Å². The first kappa shape index (κ1) is 21.5. The predicted molar refractivity (Wildman–Crippen MR) is 107 cm³/mol. The topological polar surface area (TPSA) is 84.5 Å². The fourth-order valence-electron chi connectivity index (χ4n) is 1.94. The molecule has 1 aromatic carbocycles. The Morgan fingerprint density at radius 1 is 1.15 bits per heavy atom. The molecule has 0 aliphatic heterocycles. The number of benzene rings is 1. The predicted octanol–water partition coefficient (Wildman–Crippen LogP) is 4.40. The van der Waals surface area contributed by atoms with E-state index in [1.165, 1.54) is 30.4 Å². The van der Waals surface area contributed by atoms with Crippen LogP contribution >= 0.6 is 46.1 Å². The number of amides is 2. The molecule has 0 radical (unpaired) electrons. The van der Waals surface area contributed by atoms with Crippen molar-refractivity contribution in [3.05, 3.63) is 49.6 Å². The number of ether oxygens (including phenoxy) is 1. The maximum atomic E-state index is 12.1. The maximum Gasteiger partial charge on any atom is 0.308 e. The zero-order valence-electron chi connectivity index (χ0n) is 14.1. The Labute approximate surface area is 174 Å². The number of carbonyl (C=O) groups is 3. The molecular weight excluding hydrogens is 435 g/mol. The zero-order chi connectivity index (χ0) is 20.0. The molecular formula is C17H15Cl3N2O4S. The van der Waals surface area contributed by atoms with Gasteiger partial charge in [0.1, 0.15) is 0 Å². The summed E-state index contributed by atoms with van der Waals surface area (Å²) in [5.41, 5.74) is 0.779. The molecule has 0 fully saturated rings. The van der Waals surface area contributed by atoms with Gasteiger partial charge in [-0.1, -0.05) is 34.8 Å². The first-order valence-electron chi connectivity index (χ1n) is 7.73. The molecule has 1 unspecified atom stereocenters. The molecule has 0 saturated carbocycles. The van der Waals surface area contributed by atoms with Gasteiger partial charge in [-0.15, -0.1) is 0 Å². The van der Waals surface area contributed by atoms with Gasteiger partial charge < -0.3 is 15.4 Å². The van der Waals surface area contributed by atoms with E-state index >= 15 is 0 Å². The fraction of sp³-hybridized carbons (Fsp3) is 0.235. The smallest absolute Gasteiger partial charge is 0.308 e. The van der Waals surface area contributed by atoms with Crippen molar-refractivity contribution in [1.29, 1.82) is 0 Å². The van der Waals surface area contributed by atoms with E-state index in [1.807, 2.05) is 0 Å². The van der Waals surface area contributed by atoms with Crippen LogP contribution in [0.5, 0.6) is 0 Å². The van der Waals surface area contributed by atoms with Crippen molar-refractivity contribution >= 4 is 69.6 Å². The van der Waals surface area contributed by atoms with Crippen LogP contribution in [0, 0.1) is 0 Å². The van der Waals surface area contributed by atoms with Crippen LogP contribution in [-0.2, 0) is 14.3 Å². The third kappa shape index (κ3) is 6.39. The van der Waals surface area contributed by atoms with Gasteiger partial charge >= 0.3 is 5.97 Å². The van der Waals surface area contributed by atoms with Crippen molar-refractivity contribution in [3.8, 4) is 0 Å². The standard InChI is InChI=1S/C17H15Cl3N2O4S/c1-9(16(24)22-14-7-12(19)11(18)6-13(14)20)26-15(23)2-4-21-17(25)10-3-5-27-8-10/h3,5-9H,2,4H2,1H3,(H,21,25)(H,22,24). The minimum Gasteiger partial charge on any atom is -0.452 e. The van der Waals surface area contributed by atoms with Crippen LogP contribution in [0.4, 0.5) is 5.69 Å². The number of carbonyl (C=O) groups excluding carboxylic acids is 3. The van der Waals surface area contributed by atoms with Gasteiger partial charge in [0.2, 0.25) is 0 Å². The van der Waals surface area contributed by atoms with Gasteiger partial charge in [0.05, 0.1) is 27.2 Å². The van der Waals surface area contributed by atoms with Crippen LogP contribution in [0.2, 0.25) is 15.1 Å². The summed E-state index contributed by atoms with van der Waals surface area (Å²) < 4.78 is 5.05. The lowest BCUT2D eigenvalue weighted by Gasteiger charge is -2.15. The lowest BCUT2D eigenvalue weighted by atomic mass is 10.3. The number of esters is 1. The Kier molecular flexibility index (Phi) is 7.91. The van der Waals surface area contributed by atoms with Crippen LogP contribution < -0.4 is 10.6 Å². The number of hydrogen-bond acceptors (Lipinski definition) is 5. The largest absolute Gasteiger partial charge is 0.452 e. The lowest BCUT2D eigenvalue weighted by molar-refractivity contribution is -0.153. The Morgan fingerprint density at radius 2 is 1.85 bits per heavy atom. The second kappa shape index (κ2) is 9.94. The van der Waals surface area contributed by atoms with Crippen LogP contribution in [0.25, 0.3) is 0 Å². The van der Waals surface area contributed by atoms with Gasteiger partial charge in [-0.05, 0) is 30.5 Å². The highest BCUT2D eigenvalue weighted by molar-refractivity contribution is 7.08. The molecule has 27 heavy (non-hydrogen) atoms. The van der Waals surface area contributed by atoms with Crippen LogP contribution in [0.15, 0.2) is 29.0 Å². The van der Waals surface area contributed by atoms with Gasteiger partial charge in [0.15, 0.2) is 6.10 Å². The summed E-state index contributed by atoms with van der Waals surface area (Å²) in [5, 5.41) is 9.28. The lowest BCUT2D eigenvalue weighted by Crippen LogP contribution is -2.32. The van der Waals surface area contributed by atoms with Crippen molar-refractivity contribution < 1.29 is 19.1 Å². The molecule has 0 bridgehead atoms. The molecule has 2 aromatic rings. The highest BCUT2D eigenvalue weighted by Gasteiger charge is 2.19. The summed E-state index contributed by atoms with van der Waals surface area (Å²) in [6, 6.07) is 4.48. The van der Waals surface area contributed by atoms with E-state index in [1.54, 1.807) is 16.8 Å². The minimum absolute atomic E-state index is 0.0684. The molecule has 6 nitrogen and oxygen atoms in total. The highest BCUT2D eigenvalue weighted by Crippen LogP contribution is 2.32. The SMILES string of the molecule is CC(OC(=O)CCNC(=O)c1ccsc1)C(=O)Nc1cc(Cl)c(Cl)cc1Cl. The summed E-state index contributed by atoms with van der Waals surface area (Å²) in [7, 11) is 0. The molecule has 2 rings (SSSR count). The van der Waals surface area contributed by atoms with Crippen molar-refractivity contribution in [2.75, 3.05) is 11.9 Å². The van der Waals surface area contributed by atoms with E-state index < -0.39 is 18.0 Å². The Morgan fingerprint density at radius 3 is 2.52 bits per heavy atom. The van der Waals surface area contributed by atoms with E-state index in [0.29, 0.717) is 5.56 Å². The molecule has 0 spiro atoms. The van der Waals surface area contributed by atoms with E-state index in [2.05, 4.69) is 10.6 Å². The monoisotopic (exact) mass is 448 g/mol. The number of halogens is 3. The molecule has 1 atom stereocenters. The molecule has 10 heteroatoms. The van der Waals surface area contributed by atoms with Crippen molar-refractivity contribution in [1.82, 2.24) is 5.32 Å². The van der Waals surface area contributed by atoms with Crippen molar-refractivity contribution in [2.24, 2.45) is 0 Å². The second-order valence-electron chi connectivity index (χ2n) is 5.39. The molecule has 1 heterocycles. The van der Waals surface area contributed by atoms with Gasteiger partial charge in [-0.25, -0.2) is 0 Å². The summed E-state index contributed by atoms with van der Waals surface area (Å²) >= 11 is 19.1. The second-order valence-corrected chi connectivity index (χ2v) is 7.39. The van der Waals surface area contributed by atoms with Gasteiger partial charge in [0.25, 0.3) is 11.8 Å². The number of thiophene rings is 1. The third-order valence-electron chi connectivity index (χ3n) is 3.34. The summed E-state index contributed by atoms with van der Waals surface area (Å²) in [6.07, 6.45) is -1.13. The molecule has 0 aliphatic rings. The molecule has 2 amide bonds. The summed E-state index contributed by atoms with van der Waals surface area (Å²) in [4.78, 5) is 35.7. The molecule has 0 aliphatic carbocycles. The number of rotatable bonds is 7. The van der Waals surface area contributed by atoms with Crippen LogP contribution in [0.1, 0.15) is 23.7 Å². The van der Waals surface area contributed by atoms with E-state index in [9.17, 15) is 14.4 Å². The minimum atomic E-state index is -1.06. The first-order chi connectivity index (χ1) is 12.8. The van der Waals surface area contributed by atoms with Crippen molar-refractivity contribution in [2.45, 2.75) is 19.4 Å². The fourth-order valence-corrected chi connectivity index (χ4v) is 3.17. The van der Waals surface area contributed by atoms with Gasteiger partial charge in [-0.3, -0.25) is 14.4 Å². The van der Waals surface area contributed by atoms with Crippen molar-refractivity contribution in [3.63, 3.8) is 0 Å². The van der Waals surface area contributed by atoms with Gasteiger partial charge in [0, 0.05) is 17.5 Å². The average Bonchev–Trinajstić information content (AvgIpc) is 3.14. The van der Waals surface area contributed by atoms with E-state index in [-0.39, 0.29) is 39.6 Å². The quantitative estimate of drug-likeness (QED) is 0.485. The molecule has 2 N–H and O–H groups in total. The maximum absolute atomic E-state index is 12.1. The molecule has 144 valence electrons. The Hall–Kier alpha value is -1.80. The molecule has 0 saturated heterocycles. The zero-order valence-corrected chi connectivity index (χ0v) is 17.1. The third-order valence-corrected chi connectivity index (χ3v) is 5.06. The van der Waals surface area contributed by atoms with E-state index in [0.717, 1.165) is 0 Å². The Bertz CT molecular complexity index is 843. The summed E-state index contributed by atoms with van der Waals surface area (Å²) in [5.74, 6) is -1.47. The van der Waals surface area contributed by atoms with E-state index in [4.69, 9.17) is 39.5 Å². The normalized spacial score (nSPS) is 11.6. The number of anilines is 1. The number of hydrogen-bond donors (Lipinski definition) is 2. The molecule has 1 aromatic heterocycles. The first-order valence-corrected chi connectivity index (χ1v) is 9.81. The van der Waals surface area contributed by atoms with Gasteiger partial charge in [-0.2, -0.15) is 11.3 Å². The van der Waals surface area contributed by atoms with Crippen LogP contribution in [0.3, 0.4) is 0 Å².